The van der Waals surface area contributed by atoms with Gasteiger partial charge in [0.15, 0.2) is 5.78 Å². The van der Waals surface area contributed by atoms with Gasteiger partial charge in [0.1, 0.15) is 11.8 Å². The Kier molecular flexibility index (Phi) is 3.15. The number of para-hydroxylation sites is 1. The average Bonchev–Trinajstić information content (AvgIpc) is 2.84. The molecule has 1 aromatic heterocycles. The number of furan rings is 1. The first-order valence-corrected chi connectivity index (χ1v) is 6.55. The van der Waals surface area contributed by atoms with Crippen LogP contribution >= 0.6 is 0 Å². The van der Waals surface area contributed by atoms with E-state index in [1.165, 1.54) is 6.42 Å². The van der Waals surface area contributed by atoms with Gasteiger partial charge in [-0.2, -0.15) is 0 Å². The summed E-state index contributed by atoms with van der Waals surface area (Å²) < 4.78 is 5.42. The van der Waals surface area contributed by atoms with Gasteiger partial charge in [-0.05, 0) is 37.9 Å². The number of fused-ring (bicyclic) bond motifs is 1. The summed E-state index contributed by atoms with van der Waals surface area (Å²) in [6, 6.07) is 7.71. The lowest BCUT2D eigenvalue weighted by Crippen LogP contribution is -2.31. The van der Waals surface area contributed by atoms with E-state index in [4.69, 9.17) is 4.42 Å². The Balaban J connectivity index is 1.79. The summed E-state index contributed by atoms with van der Waals surface area (Å²) in [6.45, 7) is 2.04. The molecule has 0 radical (unpaired) electrons. The first-order valence-electron chi connectivity index (χ1n) is 6.55. The van der Waals surface area contributed by atoms with Gasteiger partial charge in [0.2, 0.25) is 0 Å². The Morgan fingerprint density at radius 1 is 1.39 bits per heavy atom. The highest BCUT2D eigenvalue weighted by Crippen LogP contribution is 2.24. The molecule has 0 saturated carbocycles. The lowest BCUT2D eigenvalue weighted by atomic mass is 9.92. The van der Waals surface area contributed by atoms with Crippen molar-refractivity contribution in [2.75, 3.05) is 13.1 Å². The summed E-state index contributed by atoms with van der Waals surface area (Å²) in [5.74, 6) is 0.675. The lowest BCUT2D eigenvalue weighted by molar-refractivity contribution is 0.0954. The van der Waals surface area contributed by atoms with Crippen LogP contribution in [0.4, 0.5) is 0 Å². The van der Waals surface area contributed by atoms with E-state index >= 15 is 0 Å². The highest BCUT2D eigenvalue weighted by molar-refractivity contribution is 6.07. The Morgan fingerprint density at radius 3 is 3.11 bits per heavy atom. The molecule has 2 heterocycles. The second kappa shape index (κ2) is 4.94. The van der Waals surface area contributed by atoms with Crippen molar-refractivity contribution in [3.63, 3.8) is 0 Å². The molecule has 0 spiro atoms. The molecule has 1 aromatic carbocycles. The van der Waals surface area contributed by atoms with E-state index in [-0.39, 0.29) is 5.78 Å². The third-order valence-electron chi connectivity index (χ3n) is 3.65. The van der Waals surface area contributed by atoms with Crippen molar-refractivity contribution in [3.05, 3.63) is 36.1 Å². The number of hydrogen-bond acceptors (Lipinski definition) is 3. The van der Waals surface area contributed by atoms with Crippen LogP contribution in [0.15, 0.2) is 34.9 Å². The van der Waals surface area contributed by atoms with Gasteiger partial charge in [-0.3, -0.25) is 4.79 Å². The van der Waals surface area contributed by atoms with Crippen LogP contribution < -0.4 is 5.32 Å². The van der Waals surface area contributed by atoms with Gasteiger partial charge in [-0.25, -0.2) is 0 Å². The van der Waals surface area contributed by atoms with Gasteiger partial charge in [0.05, 0.1) is 5.56 Å². The smallest absolute Gasteiger partial charge is 0.167 e. The van der Waals surface area contributed by atoms with Crippen molar-refractivity contribution in [2.24, 2.45) is 5.92 Å². The zero-order chi connectivity index (χ0) is 12.4. The van der Waals surface area contributed by atoms with Crippen molar-refractivity contribution in [3.8, 4) is 0 Å². The van der Waals surface area contributed by atoms with Gasteiger partial charge in [0, 0.05) is 11.8 Å². The Morgan fingerprint density at radius 2 is 2.28 bits per heavy atom. The maximum Gasteiger partial charge on any atom is 0.167 e. The summed E-state index contributed by atoms with van der Waals surface area (Å²) in [5.41, 5.74) is 1.53. The Bertz CT molecular complexity index is 552. The molecular weight excluding hydrogens is 226 g/mol. The molecule has 2 aromatic rings. The number of carbonyl (C=O) groups is 1. The summed E-state index contributed by atoms with van der Waals surface area (Å²) in [6.07, 6.45) is 4.54. The molecule has 3 rings (SSSR count). The summed E-state index contributed by atoms with van der Waals surface area (Å²) >= 11 is 0. The maximum atomic E-state index is 12.3. The second-order valence-electron chi connectivity index (χ2n) is 4.99. The minimum atomic E-state index is 0.202. The molecule has 1 unspecified atom stereocenters. The van der Waals surface area contributed by atoms with Gasteiger partial charge >= 0.3 is 0 Å². The van der Waals surface area contributed by atoms with Gasteiger partial charge in [-0.1, -0.05) is 18.2 Å². The van der Waals surface area contributed by atoms with Gasteiger partial charge in [0.25, 0.3) is 0 Å². The maximum absolute atomic E-state index is 12.3. The Labute approximate surface area is 106 Å². The molecule has 1 aliphatic rings. The van der Waals surface area contributed by atoms with Crippen molar-refractivity contribution < 1.29 is 9.21 Å². The quantitative estimate of drug-likeness (QED) is 0.843. The zero-order valence-electron chi connectivity index (χ0n) is 10.3. The van der Waals surface area contributed by atoms with Crippen LogP contribution in [0.3, 0.4) is 0 Å². The van der Waals surface area contributed by atoms with Crippen LogP contribution in [0.5, 0.6) is 0 Å². The number of Topliss-reactive ketones (excluding diaryl/α,β-unsaturated/α-hetero) is 1. The molecule has 94 valence electrons. The standard InChI is InChI=1S/C15H17NO2/c17-14(8-11-4-3-7-16-9-11)13-10-18-15-6-2-1-5-12(13)15/h1-2,5-6,10-11,16H,3-4,7-9H2. The van der Waals surface area contributed by atoms with E-state index in [0.717, 1.165) is 36.0 Å². The summed E-state index contributed by atoms with van der Waals surface area (Å²) in [4.78, 5) is 12.3. The van der Waals surface area contributed by atoms with Crippen LogP contribution in [0, 0.1) is 5.92 Å². The highest BCUT2D eigenvalue weighted by atomic mass is 16.3. The summed E-state index contributed by atoms with van der Waals surface area (Å²) in [5, 5.41) is 4.28. The van der Waals surface area contributed by atoms with Crippen molar-refractivity contribution >= 4 is 16.8 Å². The van der Waals surface area contributed by atoms with Crippen LogP contribution in [0.2, 0.25) is 0 Å². The fraction of sp³-hybridized carbons (Fsp3) is 0.400. The molecule has 3 nitrogen and oxygen atoms in total. The van der Waals surface area contributed by atoms with E-state index in [1.54, 1.807) is 6.26 Å². The van der Waals surface area contributed by atoms with Crippen molar-refractivity contribution in [2.45, 2.75) is 19.3 Å². The minimum absolute atomic E-state index is 0.202. The third kappa shape index (κ3) is 2.18. The fourth-order valence-electron chi connectivity index (χ4n) is 2.66. The first-order chi connectivity index (χ1) is 8.84. The normalized spacial score (nSPS) is 20.1. The van der Waals surface area contributed by atoms with E-state index in [9.17, 15) is 4.79 Å². The van der Waals surface area contributed by atoms with Gasteiger partial charge < -0.3 is 9.73 Å². The SMILES string of the molecule is O=C(CC1CCCNC1)c1coc2ccccc12. The molecule has 1 saturated heterocycles. The second-order valence-corrected chi connectivity index (χ2v) is 4.99. The average molecular weight is 243 g/mol. The van der Waals surface area contributed by atoms with Crippen molar-refractivity contribution in [1.82, 2.24) is 5.32 Å². The molecule has 1 N–H and O–H groups in total. The fourth-order valence-corrected chi connectivity index (χ4v) is 2.66. The molecule has 0 aliphatic carbocycles. The lowest BCUT2D eigenvalue weighted by Gasteiger charge is -2.21. The predicted octanol–water partition coefficient (Wildman–Crippen LogP) is 3.01. The van der Waals surface area contributed by atoms with Gasteiger partial charge in [-0.15, -0.1) is 0 Å². The van der Waals surface area contributed by atoms with E-state index in [0.29, 0.717) is 12.3 Å². The number of piperidine rings is 1. The van der Waals surface area contributed by atoms with Crippen LogP contribution in [-0.4, -0.2) is 18.9 Å². The molecule has 0 amide bonds. The molecule has 3 heteroatoms. The number of carbonyl (C=O) groups excluding carboxylic acids is 1. The highest BCUT2D eigenvalue weighted by Gasteiger charge is 2.20. The zero-order valence-corrected chi connectivity index (χ0v) is 10.3. The van der Waals surface area contributed by atoms with Crippen molar-refractivity contribution in [1.29, 1.82) is 0 Å². The molecule has 18 heavy (non-hydrogen) atoms. The molecule has 1 aliphatic heterocycles. The Hall–Kier alpha value is -1.61. The van der Waals surface area contributed by atoms with E-state index in [2.05, 4.69) is 5.32 Å². The number of nitrogens with one attached hydrogen (secondary N) is 1. The molecule has 1 atom stereocenters. The molecular formula is C15H17NO2. The molecule has 1 fully saturated rings. The van der Waals surface area contributed by atoms with E-state index in [1.807, 2.05) is 24.3 Å². The van der Waals surface area contributed by atoms with Crippen LogP contribution in [-0.2, 0) is 0 Å². The minimum Gasteiger partial charge on any atom is -0.464 e. The molecule has 0 bridgehead atoms. The first kappa shape index (κ1) is 11.5. The number of benzene rings is 1. The predicted molar refractivity (Wildman–Crippen MR) is 70.8 cm³/mol. The summed E-state index contributed by atoms with van der Waals surface area (Å²) in [7, 11) is 0. The topological polar surface area (TPSA) is 42.2 Å². The largest absolute Gasteiger partial charge is 0.464 e. The van der Waals surface area contributed by atoms with E-state index < -0.39 is 0 Å². The van der Waals surface area contributed by atoms with Crippen LogP contribution in [0.1, 0.15) is 29.6 Å². The van der Waals surface area contributed by atoms with Crippen LogP contribution in [0.25, 0.3) is 11.0 Å². The monoisotopic (exact) mass is 243 g/mol. The third-order valence-corrected chi connectivity index (χ3v) is 3.65. The number of ketones is 1. The number of hydrogen-bond donors (Lipinski definition) is 1. The number of rotatable bonds is 3.